The molecule has 0 saturated heterocycles. The van der Waals surface area contributed by atoms with Crippen molar-refractivity contribution in [1.29, 1.82) is 0 Å². The van der Waals surface area contributed by atoms with E-state index in [1.54, 1.807) is 5.57 Å². The molecule has 2 fully saturated rings. The molecule has 3 aliphatic rings. The van der Waals surface area contributed by atoms with E-state index in [1.165, 1.54) is 62.6 Å². The van der Waals surface area contributed by atoms with Crippen LogP contribution in [0.5, 0.6) is 5.75 Å². The number of phenols is 1. The summed E-state index contributed by atoms with van der Waals surface area (Å²) in [5, 5.41) is 13.5. The van der Waals surface area contributed by atoms with Crippen molar-refractivity contribution in [2.24, 2.45) is 17.3 Å². The SMILES string of the molecule is CN(C)CCCCNCC=C1CCC2C3CCc4cc(O)ccc4C3CCC12C. The van der Waals surface area contributed by atoms with Crippen molar-refractivity contribution in [2.75, 3.05) is 33.7 Å². The van der Waals surface area contributed by atoms with Crippen LogP contribution in [-0.2, 0) is 6.42 Å². The lowest BCUT2D eigenvalue weighted by Crippen LogP contribution is -2.40. The van der Waals surface area contributed by atoms with Crippen molar-refractivity contribution in [3.05, 3.63) is 41.0 Å². The number of unbranched alkanes of at least 4 members (excludes halogenated alkanes) is 1. The molecular formula is C26H40N2O. The first kappa shape index (κ1) is 20.9. The first-order valence-electron chi connectivity index (χ1n) is 11.9. The van der Waals surface area contributed by atoms with Gasteiger partial charge in [0, 0.05) is 6.54 Å². The zero-order valence-electron chi connectivity index (χ0n) is 18.7. The van der Waals surface area contributed by atoms with Gasteiger partial charge in [0.05, 0.1) is 0 Å². The predicted molar refractivity (Wildman–Crippen MR) is 121 cm³/mol. The second-order valence-corrected chi connectivity index (χ2v) is 10.2. The molecule has 0 radical (unpaired) electrons. The topological polar surface area (TPSA) is 35.5 Å². The summed E-state index contributed by atoms with van der Waals surface area (Å²) < 4.78 is 0. The Morgan fingerprint density at radius 1 is 1.17 bits per heavy atom. The van der Waals surface area contributed by atoms with E-state index in [9.17, 15) is 5.11 Å². The van der Waals surface area contributed by atoms with Gasteiger partial charge in [-0.15, -0.1) is 0 Å². The molecule has 3 aliphatic carbocycles. The van der Waals surface area contributed by atoms with Crippen LogP contribution in [0.4, 0.5) is 0 Å². The lowest BCUT2D eigenvalue weighted by molar-refractivity contribution is 0.0812. The van der Waals surface area contributed by atoms with E-state index < -0.39 is 0 Å². The van der Waals surface area contributed by atoms with Gasteiger partial charge in [-0.25, -0.2) is 0 Å². The van der Waals surface area contributed by atoms with Crippen LogP contribution in [0, 0.1) is 17.3 Å². The number of phenolic OH excluding ortho intramolecular Hbond substituents is 1. The zero-order chi connectivity index (χ0) is 20.4. The molecule has 29 heavy (non-hydrogen) atoms. The van der Waals surface area contributed by atoms with Crippen molar-refractivity contribution < 1.29 is 5.11 Å². The van der Waals surface area contributed by atoms with E-state index in [2.05, 4.69) is 43.4 Å². The number of hydrogen-bond acceptors (Lipinski definition) is 3. The second-order valence-electron chi connectivity index (χ2n) is 10.2. The van der Waals surface area contributed by atoms with Crippen molar-refractivity contribution in [3.63, 3.8) is 0 Å². The van der Waals surface area contributed by atoms with Crippen LogP contribution in [-0.4, -0.2) is 43.7 Å². The Labute approximate surface area is 177 Å². The van der Waals surface area contributed by atoms with E-state index in [0.717, 1.165) is 31.3 Å². The van der Waals surface area contributed by atoms with Gasteiger partial charge in [-0.3, -0.25) is 0 Å². The number of nitrogens with one attached hydrogen (secondary N) is 1. The van der Waals surface area contributed by atoms with Crippen molar-refractivity contribution in [1.82, 2.24) is 10.2 Å². The molecule has 0 aliphatic heterocycles. The summed E-state index contributed by atoms with van der Waals surface area (Å²) in [7, 11) is 4.30. The highest BCUT2D eigenvalue weighted by molar-refractivity contribution is 5.40. The second kappa shape index (κ2) is 8.81. The number of nitrogens with zero attached hydrogens (tertiary/aromatic N) is 1. The summed E-state index contributed by atoms with van der Waals surface area (Å²) in [6, 6.07) is 6.14. The summed E-state index contributed by atoms with van der Waals surface area (Å²) in [5.74, 6) is 2.82. The van der Waals surface area contributed by atoms with E-state index in [1.807, 2.05) is 12.1 Å². The highest BCUT2D eigenvalue weighted by Gasteiger charge is 2.52. The van der Waals surface area contributed by atoms with Crippen molar-refractivity contribution >= 4 is 0 Å². The van der Waals surface area contributed by atoms with Crippen molar-refractivity contribution in [2.45, 2.75) is 64.2 Å². The molecule has 0 bridgehead atoms. The lowest BCUT2D eigenvalue weighted by atomic mass is 9.55. The molecule has 1 aromatic rings. The van der Waals surface area contributed by atoms with E-state index in [0.29, 0.717) is 17.1 Å². The molecule has 0 aromatic heterocycles. The fraction of sp³-hybridized carbons (Fsp3) is 0.692. The third-order valence-electron chi connectivity index (χ3n) is 8.26. The largest absolute Gasteiger partial charge is 0.508 e. The smallest absolute Gasteiger partial charge is 0.115 e. The van der Waals surface area contributed by atoms with Gasteiger partial charge in [-0.2, -0.15) is 0 Å². The average molecular weight is 397 g/mol. The minimum absolute atomic E-state index is 0.419. The molecule has 0 heterocycles. The van der Waals surface area contributed by atoms with Crippen LogP contribution in [0.2, 0.25) is 0 Å². The molecule has 0 spiro atoms. The van der Waals surface area contributed by atoms with Gasteiger partial charge < -0.3 is 15.3 Å². The average Bonchev–Trinajstić information content (AvgIpc) is 3.03. The number of aryl methyl sites for hydroxylation is 1. The molecule has 160 valence electrons. The molecule has 4 unspecified atom stereocenters. The van der Waals surface area contributed by atoms with Crippen molar-refractivity contribution in [3.8, 4) is 5.75 Å². The molecule has 2 saturated carbocycles. The molecule has 3 nitrogen and oxygen atoms in total. The van der Waals surface area contributed by atoms with Crippen LogP contribution in [0.1, 0.15) is 68.9 Å². The maximum absolute atomic E-state index is 9.87. The molecule has 3 heteroatoms. The maximum atomic E-state index is 9.87. The molecule has 2 N–H and O–H groups in total. The van der Waals surface area contributed by atoms with Gasteiger partial charge in [0.15, 0.2) is 0 Å². The number of hydrogen-bond donors (Lipinski definition) is 2. The first-order chi connectivity index (χ1) is 14.0. The Hall–Kier alpha value is -1.32. The van der Waals surface area contributed by atoms with Gasteiger partial charge in [-0.1, -0.05) is 24.6 Å². The van der Waals surface area contributed by atoms with Crippen LogP contribution in [0.15, 0.2) is 29.8 Å². The number of allylic oxidation sites excluding steroid dienone is 1. The summed E-state index contributed by atoms with van der Waals surface area (Å²) in [4.78, 5) is 2.27. The fourth-order valence-corrected chi connectivity index (χ4v) is 6.73. The number of rotatable bonds is 7. The first-order valence-corrected chi connectivity index (χ1v) is 11.9. The highest BCUT2D eigenvalue weighted by Crippen LogP contribution is 2.62. The highest BCUT2D eigenvalue weighted by atomic mass is 16.3. The van der Waals surface area contributed by atoms with E-state index in [4.69, 9.17) is 0 Å². The summed E-state index contributed by atoms with van der Waals surface area (Å²) in [6.07, 6.45) is 12.8. The molecular weight excluding hydrogens is 356 g/mol. The van der Waals surface area contributed by atoms with Gasteiger partial charge in [0.25, 0.3) is 0 Å². The minimum atomic E-state index is 0.419. The Balaban J connectivity index is 1.36. The standard InChI is InChI=1S/C26H40N2O/c1-26-14-12-23-22-10-8-21(29)18-19(22)6-9-24(23)25(26)11-7-20(26)13-16-27-15-4-5-17-28(2)3/h8,10,13,18,23-25,27,29H,4-7,9,11-12,14-17H2,1-3H3. The quantitative estimate of drug-likeness (QED) is 0.497. The molecule has 4 atom stereocenters. The fourth-order valence-electron chi connectivity index (χ4n) is 6.73. The third-order valence-corrected chi connectivity index (χ3v) is 8.26. The molecule has 1 aromatic carbocycles. The van der Waals surface area contributed by atoms with Crippen LogP contribution in [0.3, 0.4) is 0 Å². The van der Waals surface area contributed by atoms with Gasteiger partial charge >= 0.3 is 0 Å². The van der Waals surface area contributed by atoms with E-state index in [-0.39, 0.29) is 0 Å². The summed E-state index contributed by atoms with van der Waals surface area (Å²) in [5.41, 5.74) is 5.10. The maximum Gasteiger partial charge on any atom is 0.115 e. The Morgan fingerprint density at radius 2 is 2.03 bits per heavy atom. The van der Waals surface area contributed by atoms with Crippen LogP contribution in [0.25, 0.3) is 0 Å². The lowest BCUT2D eigenvalue weighted by Gasteiger charge is -2.49. The summed E-state index contributed by atoms with van der Waals surface area (Å²) >= 11 is 0. The Morgan fingerprint density at radius 3 is 2.86 bits per heavy atom. The molecule has 4 rings (SSSR count). The van der Waals surface area contributed by atoms with Gasteiger partial charge in [0.1, 0.15) is 5.75 Å². The summed E-state index contributed by atoms with van der Waals surface area (Å²) in [6.45, 7) is 5.92. The van der Waals surface area contributed by atoms with Crippen LogP contribution >= 0.6 is 0 Å². The predicted octanol–water partition coefficient (Wildman–Crippen LogP) is 5.11. The Kier molecular flexibility index (Phi) is 6.36. The van der Waals surface area contributed by atoms with Crippen LogP contribution < -0.4 is 5.32 Å². The monoisotopic (exact) mass is 396 g/mol. The normalized spacial score (nSPS) is 32.3. The zero-order valence-corrected chi connectivity index (χ0v) is 18.7. The number of fused-ring (bicyclic) bond motifs is 5. The Bertz CT molecular complexity index is 740. The molecule has 0 amide bonds. The minimum Gasteiger partial charge on any atom is -0.508 e. The van der Waals surface area contributed by atoms with Gasteiger partial charge in [-0.05, 0) is 125 Å². The van der Waals surface area contributed by atoms with E-state index >= 15 is 0 Å². The number of aromatic hydroxyl groups is 1. The van der Waals surface area contributed by atoms with Gasteiger partial charge in [0.2, 0.25) is 0 Å². The number of benzene rings is 1. The third kappa shape index (κ3) is 4.27.